The van der Waals surface area contributed by atoms with Crippen LogP contribution in [0.3, 0.4) is 0 Å². The van der Waals surface area contributed by atoms with Gasteiger partial charge >= 0.3 is 0 Å². The highest BCUT2D eigenvalue weighted by atomic mass is 16.5. The molecule has 1 aromatic heterocycles. The number of fused-ring (bicyclic) bond motifs is 6. The number of aryl methyl sites for hydroxylation is 1. The second-order valence-electron chi connectivity index (χ2n) is 9.13. The molecule has 0 saturated heterocycles. The number of nitrogens with zero attached hydrogens (tertiary/aromatic N) is 1. The number of methoxy groups -OCH3 is 2. The van der Waals surface area contributed by atoms with Gasteiger partial charge in [0.05, 0.1) is 20.3 Å². The van der Waals surface area contributed by atoms with Gasteiger partial charge in [-0.1, -0.05) is 37.1 Å². The highest BCUT2D eigenvalue weighted by Crippen LogP contribution is 2.50. The van der Waals surface area contributed by atoms with Gasteiger partial charge in [-0.3, -0.25) is 0 Å². The van der Waals surface area contributed by atoms with Crippen LogP contribution in [0.4, 0.5) is 0 Å². The van der Waals surface area contributed by atoms with Crippen LogP contribution in [-0.2, 0) is 11.8 Å². The van der Waals surface area contributed by atoms with Crippen LogP contribution in [0.15, 0.2) is 54.6 Å². The van der Waals surface area contributed by atoms with E-state index in [-0.39, 0.29) is 12.2 Å². The molecule has 1 aliphatic carbocycles. The summed E-state index contributed by atoms with van der Waals surface area (Å²) in [6, 6.07) is 19.7. The molecule has 3 unspecified atom stereocenters. The van der Waals surface area contributed by atoms with Crippen molar-refractivity contribution in [2.24, 2.45) is 7.05 Å². The first kappa shape index (κ1) is 19.7. The number of benzene rings is 3. The van der Waals surface area contributed by atoms with E-state index in [1.807, 2.05) is 0 Å². The Labute approximate surface area is 188 Å². The van der Waals surface area contributed by atoms with Crippen molar-refractivity contribution in [2.45, 2.75) is 43.8 Å². The van der Waals surface area contributed by atoms with Crippen molar-refractivity contribution < 1.29 is 14.2 Å². The van der Waals surface area contributed by atoms with Gasteiger partial charge in [0, 0.05) is 34.8 Å². The molecule has 164 valence electrons. The average molecular weight is 428 g/mol. The molecule has 2 aliphatic rings. The molecule has 4 nitrogen and oxygen atoms in total. The molecule has 1 fully saturated rings. The van der Waals surface area contributed by atoms with Gasteiger partial charge in [0.1, 0.15) is 6.10 Å². The van der Waals surface area contributed by atoms with Gasteiger partial charge in [0.25, 0.3) is 0 Å². The number of para-hydroxylation sites is 1. The van der Waals surface area contributed by atoms with Crippen molar-refractivity contribution in [3.63, 3.8) is 0 Å². The molecule has 3 atom stereocenters. The third-order valence-corrected chi connectivity index (χ3v) is 7.52. The van der Waals surface area contributed by atoms with E-state index in [4.69, 9.17) is 14.2 Å². The number of aromatic nitrogens is 1. The Morgan fingerprint density at radius 3 is 2.34 bits per heavy atom. The Morgan fingerprint density at radius 2 is 1.53 bits per heavy atom. The van der Waals surface area contributed by atoms with Crippen molar-refractivity contribution in [1.29, 1.82) is 0 Å². The lowest BCUT2D eigenvalue weighted by Crippen LogP contribution is -2.33. The van der Waals surface area contributed by atoms with Crippen LogP contribution in [-0.4, -0.2) is 24.9 Å². The lowest BCUT2D eigenvalue weighted by atomic mass is 9.75. The van der Waals surface area contributed by atoms with Gasteiger partial charge in [-0.15, -0.1) is 0 Å². The maximum atomic E-state index is 6.84. The number of hydrogen-bond donors (Lipinski definition) is 0. The summed E-state index contributed by atoms with van der Waals surface area (Å²) in [5.41, 5.74) is 6.27. The minimum Gasteiger partial charge on any atom is -0.493 e. The molecular weight excluding hydrogens is 398 g/mol. The summed E-state index contributed by atoms with van der Waals surface area (Å²) < 4.78 is 20.4. The number of rotatable bonds is 3. The molecule has 6 rings (SSSR count). The van der Waals surface area contributed by atoms with Gasteiger partial charge in [0.2, 0.25) is 0 Å². The van der Waals surface area contributed by atoms with E-state index in [0.717, 1.165) is 17.9 Å². The van der Waals surface area contributed by atoms with Gasteiger partial charge in [-0.2, -0.15) is 0 Å². The summed E-state index contributed by atoms with van der Waals surface area (Å²) in [7, 11) is 5.56. The zero-order valence-corrected chi connectivity index (χ0v) is 18.9. The summed E-state index contributed by atoms with van der Waals surface area (Å²) >= 11 is 0. The molecule has 1 saturated carbocycles. The molecule has 0 bridgehead atoms. The smallest absolute Gasteiger partial charge is 0.161 e. The molecule has 32 heavy (non-hydrogen) atoms. The third-order valence-electron chi connectivity index (χ3n) is 7.52. The highest BCUT2D eigenvalue weighted by Gasteiger charge is 2.39. The largest absolute Gasteiger partial charge is 0.493 e. The predicted molar refractivity (Wildman–Crippen MR) is 128 cm³/mol. The summed E-state index contributed by atoms with van der Waals surface area (Å²) in [6.45, 7) is 0. The SMILES string of the molecule is COc1cc2c(cc1OC)C1CCCCC1OC2c1ccc2c(c1)c1ccccc1n2C. The van der Waals surface area contributed by atoms with Gasteiger partial charge in [-0.25, -0.2) is 0 Å². The normalized spacial score (nSPS) is 22.5. The Bertz CT molecular complexity index is 1320. The molecule has 4 aromatic rings. The van der Waals surface area contributed by atoms with E-state index >= 15 is 0 Å². The van der Waals surface area contributed by atoms with E-state index in [0.29, 0.717) is 5.92 Å². The topological polar surface area (TPSA) is 32.6 Å². The molecule has 0 amide bonds. The minimum atomic E-state index is -0.104. The lowest BCUT2D eigenvalue weighted by Gasteiger charge is -2.41. The van der Waals surface area contributed by atoms with E-state index < -0.39 is 0 Å². The van der Waals surface area contributed by atoms with Crippen LogP contribution in [0.5, 0.6) is 11.5 Å². The van der Waals surface area contributed by atoms with Crippen molar-refractivity contribution in [3.05, 3.63) is 71.3 Å². The zero-order valence-electron chi connectivity index (χ0n) is 18.9. The fraction of sp³-hybridized carbons (Fsp3) is 0.357. The van der Waals surface area contributed by atoms with E-state index in [2.05, 4.69) is 66.2 Å². The fourth-order valence-corrected chi connectivity index (χ4v) is 5.93. The van der Waals surface area contributed by atoms with E-state index in [1.165, 1.54) is 57.8 Å². The second kappa shape index (κ2) is 7.56. The summed E-state index contributed by atoms with van der Waals surface area (Å²) in [4.78, 5) is 0. The molecule has 0 radical (unpaired) electrons. The minimum absolute atomic E-state index is 0.104. The maximum Gasteiger partial charge on any atom is 0.161 e. The Kier molecular flexibility index (Phi) is 4.65. The van der Waals surface area contributed by atoms with Gasteiger partial charge in [0.15, 0.2) is 11.5 Å². The van der Waals surface area contributed by atoms with Crippen LogP contribution < -0.4 is 9.47 Å². The van der Waals surface area contributed by atoms with Gasteiger partial charge in [-0.05, 0) is 59.9 Å². The first-order valence-corrected chi connectivity index (χ1v) is 11.6. The average Bonchev–Trinajstić information content (AvgIpc) is 3.14. The quantitative estimate of drug-likeness (QED) is 0.374. The van der Waals surface area contributed by atoms with Crippen molar-refractivity contribution in [3.8, 4) is 11.5 Å². The van der Waals surface area contributed by atoms with Crippen LogP contribution in [0, 0.1) is 0 Å². The Balaban J connectivity index is 1.55. The van der Waals surface area contributed by atoms with E-state index in [1.54, 1.807) is 14.2 Å². The van der Waals surface area contributed by atoms with Gasteiger partial charge < -0.3 is 18.8 Å². The Morgan fingerprint density at radius 1 is 0.812 bits per heavy atom. The first-order chi connectivity index (χ1) is 15.7. The fourth-order valence-electron chi connectivity index (χ4n) is 5.93. The van der Waals surface area contributed by atoms with Crippen LogP contribution in [0.25, 0.3) is 21.8 Å². The van der Waals surface area contributed by atoms with Crippen molar-refractivity contribution >= 4 is 21.8 Å². The van der Waals surface area contributed by atoms with Crippen molar-refractivity contribution in [1.82, 2.24) is 4.57 Å². The second-order valence-corrected chi connectivity index (χ2v) is 9.13. The van der Waals surface area contributed by atoms with Crippen LogP contribution >= 0.6 is 0 Å². The lowest BCUT2D eigenvalue weighted by molar-refractivity contribution is -0.0390. The predicted octanol–water partition coefficient (Wildman–Crippen LogP) is 6.49. The Hall–Kier alpha value is -2.98. The third kappa shape index (κ3) is 2.86. The zero-order chi connectivity index (χ0) is 21.8. The maximum absolute atomic E-state index is 6.84. The molecular formula is C28H29NO3. The van der Waals surface area contributed by atoms with Crippen LogP contribution in [0.2, 0.25) is 0 Å². The number of hydrogen-bond acceptors (Lipinski definition) is 3. The van der Waals surface area contributed by atoms with Crippen LogP contribution in [0.1, 0.15) is 54.4 Å². The molecule has 0 spiro atoms. The molecule has 2 heterocycles. The summed E-state index contributed by atoms with van der Waals surface area (Å²) in [5, 5.41) is 2.56. The molecule has 1 aliphatic heterocycles. The highest BCUT2D eigenvalue weighted by molar-refractivity contribution is 6.08. The summed E-state index contributed by atoms with van der Waals surface area (Å²) in [6.07, 6.45) is 4.92. The monoisotopic (exact) mass is 427 g/mol. The molecule has 4 heteroatoms. The number of ether oxygens (including phenoxy) is 3. The van der Waals surface area contributed by atoms with E-state index in [9.17, 15) is 0 Å². The molecule has 3 aromatic carbocycles. The molecule has 0 N–H and O–H groups in total. The first-order valence-electron chi connectivity index (χ1n) is 11.6. The summed E-state index contributed by atoms with van der Waals surface area (Å²) in [5.74, 6) is 2.00. The van der Waals surface area contributed by atoms with Crippen molar-refractivity contribution in [2.75, 3.05) is 14.2 Å². The standard InChI is InChI=1S/C28H29NO3/c1-29-23-10-6-4-8-18(23)21-14-17(12-13-24(21)29)28-22-16-27(31-3)26(30-2)15-20(22)19-9-5-7-11-25(19)32-28/h4,6,8,10,12-16,19,25,28H,5,7,9,11H2,1-3H3.